The molecule has 0 aromatic heterocycles. The fourth-order valence-electron chi connectivity index (χ4n) is 1.68. The van der Waals surface area contributed by atoms with Crippen molar-refractivity contribution in [3.63, 3.8) is 0 Å². The second kappa shape index (κ2) is 6.10. The number of rotatable bonds is 5. The van der Waals surface area contributed by atoms with Gasteiger partial charge < -0.3 is 10.6 Å². The molecule has 0 atom stereocenters. The van der Waals surface area contributed by atoms with Crippen LogP contribution in [-0.2, 0) is 6.42 Å². The van der Waals surface area contributed by atoms with Crippen LogP contribution in [-0.4, -0.2) is 13.4 Å². The van der Waals surface area contributed by atoms with E-state index in [-0.39, 0.29) is 0 Å². The molecule has 0 radical (unpaired) electrons. The third kappa shape index (κ3) is 3.64. The summed E-state index contributed by atoms with van der Waals surface area (Å²) >= 11 is 0. The standard InChI is InChI=1S/C12H20N4O/c1-9(2)6-10-7-11(17-3)4-5-12(10)16(14)8-15-13/h4-5,7-9H,6,13-14H2,1-3H3/b15-8-. The molecule has 5 heteroatoms. The van der Waals surface area contributed by atoms with E-state index in [1.54, 1.807) is 7.11 Å². The number of hydrazine groups is 1. The normalized spacial score (nSPS) is 11.1. The van der Waals surface area contributed by atoms with Crippen molar-refractivity contribution in [2.45, 2.75) is 20.3 Å². The van der Waals surface area contributed by atoms with Gasteiger partial charge in [0.05, 0.1) is 12.8 Å². The van der Waals surface area contributed by atoms with E-state index in [2.05, 4.69) is 18.9 Å². The maximum Gasteiger partial charge on any atom is 0.129 e. The summed E-state index contributed by atoms with van der Waals surface area (Å²) in [6.07, 6.45) is 2.30. The molecule has 0 aliphatic heterocycles. The average Bonchev–Trinajstić information content (AvgIpc) is 2.28. The lowest BCUT2D eigenvalue weighted by atomic mass is 10.0. The number of nitrogens with two attached hydrogens (primary N) is 2. The molecule has 0 fully saturated rings. The summed E-state index contributed by atoms with van der Waals surface area (Å²) in [5.41, 5.74) is 2.00. The van der Waals surface area contributed by atoms with Gasteiger partial charge in [-0.05, 0) is 36.1 Å². The molecule has 0 unspecified atom stereocenters. The molecular formula is C12H20N4O. The zero-order chi connectivity index (χ0) is 12.8. The van der Waals surface area contributed by atoms with E-state index in [1.807, 2.05) is 18.2 Å². The molecule has 4 N–H and O–H groups in total. The smallest absolute Gasteiger partial charge is 0.129 e. The second-order valence-electron chi connectivity index (χ2n) is 4.26. The predicted molar refractivity (Wildman–Crippen MR) is 70.9 cm³/mol. The first-order valence-corrected chi connectivity index (χ1v) is 5.52. The molecule has 0 amide bonds. The van der Waals surface area contributed by atoms with Gasteiger partial charge in [-0.1, -0.05) is 13.8 Å². The van der Waals surface area contributed by atoms with Crippen molar-refractivity contribution in [2.75, 3.05) is 12.1 Å². The maximum atomic E-state index is 5.84. The van der Waals surface area contributed by atoms with Crippen LogP contribution in [0, 0.1) is 5.92 Å². The summed E-state index contributed by atoms with van der Waals surface area (Å²) in [7, 11) is 1.65. The van der Waals surface area contributed by atoms with Crippen LogP contribution in [0.1, 0.15) is 19.4 Å². The fraction of sp³-hybridized carbons (Fsp3) is 0.417. The first-order valence-electron chi connectivity index (χ1n) is 5.52. The fourth-order valence-corrected chi connectivity index (χ4v) is 1.68. The maximum absolute atomic E-state index is 5.84. The number of methoxy groups -OCH3 is 1. The first-order chi connectivity index (χ1) is 8.08. The van der Waals surface area contributed by atoms with Crippen molar-refractivity contribution in [2.24, 2.45) is 22.7 Å². The summed E-state index contributed by atoms with van der Waals surface area (Å²) in [4.78, 5) is 0. The molecule has 1 aromatic rings. The molecule has 1 aromatic carbocycles. The Bertz CT molecular complexity index is 390. The van der Waals surface area contributed by atoms with Gasteiger partial charge in [0.15, 0.2) is 0 Å². The van der Waals surface area contributed by atoms with E-state index in [0.29, 0.717) is 5.92 Å². The van der Waals surface area contributed by atoms with Crippen LogP contribution in [0.3, 0.4) is 0 Å². The summed E-state index contributed by atoms with van der Waals surface area (Å²) in [5, 5.41) is 4.83. The highest BCUT2D eigenvalue weighted by Crippen LogP contribution is 2.25. The first kappa shape index (κ1) is 13.3. The Balaban J connectivity index is 3.09. The molecule has 0 spiro atoms. The van der Waals surface area contributed by atoms with Crippen molar-refractivity contribution in [3.8, 4) is 5.75 Å². The molecule has 0 saturated carbocycles. The molecule has 0 bridgehead atoms. The summed E-state index contributed by atoms with van der Waals surface area (Å²) in [5.74, 6) is 12.3. The second-order valence-corrected chi connectivity index (χ2v) is 4.26. The zero-order valence-electron chi connectivity index (χ0n) is 10.6. The van der Waals surface area contributed by atoms with Crippen LogP contribution in [0.25, 0.3) is 0 Å². The number of nitrogens with zero attached hydrogens (tertiary/aromatic N) is 2. The molecule has 5 nitrogen and oxygen atoms in total. The molecular weight excluding hydrogens is 216 g/mol. The van der Waals surface area contributed by atoms with Gasteiger partial charge in [-0.25, -0.2) is 5.84 Å². The highest BCUT2D eigenvalue weighted by molar-refractivity contribution is 5.79. The Morgan fingerprint density at radius 1 is 1.47 bits per heavy atom. The van der Waals surface area contributed by atoms with Crippen molar-refractivity contribution >= 4 is 12.0 Å². The number of anilines is 1. The minimum atomic E-state index is 0.532. The van der Waals surface area contributed by atoms with Crippen LogP contribution in [0.5, 0.6) is 5.75 Å². The number of hydrogen-bond donors (Lipinski definition) is 2. The Morgan fingerprint density at radius 2 is 2.18 bits per heavy atom. The lowest BCUT2D eigenvalue weighted by molar-refractivity contribution is 0.414. The summed E-state index contributed by atoms with van der Waals surface area (Å²) in [6.45, 7) is 4.31. The van der Waals surface area contributed by atoms with Gasteiger partial charge in [0.25, 0.3) is 0 Å². The van der Waals surface area contributed by atoms with Gasteiger partial charge in [0, 0.05) is 0 Å². The molecule has 0 heterocycles. The zero-order valence-corrected chi connectivity index (χ0v) is 10.6. The van der Waals surface area contributed by atoms with E-state index >= 15 is 0 Å². The minimum absolute atomic E-state index is 0.532. The highest BCUT2D eigenvalue weighted by Gasteiger charge is 2.09. The van der Waals surface area contributed by atoms with E-state index in [1.165, 1.54) is 11.3 Å². The van der Waals surface area contributed by atoms with Gasteiger partial charge in [0.1, 0.15) is 12.1 Å². The third-order valence-corrected chi connectivity index (χ3v) is 2.38. The van der Waals surface area contributed by atoms with E-state index < -0.39 is 0 Å². The Kier molecular flexibility index (Phi) is 4.78. The summed E-state index contributed by atoms with van der Waals surface area (Å²) < 4.78 is 5.21. The Hall–Kier alpha value is -1.75. The number of benzene rings is 1. The lowest BCUT2D eigenvalue weighted by Gasteiger charge is -2.18. The van der Waals surface area contributed by atoms with Gasteiger partial charge in [-0.2, -0.15) is 5.10 Å². The van der Waals surface area contributed by atoms with E-state index in [0.717, 1.165) is 23.4 Å². The molecule has 0 aliphatic rings. The molecule has 0 saturated heterocycles. The van der Waals surface area contributed by atoms with Gasteiger partial charge >= 0.3 is 0 Å². The molecule has 0 aliphatic carbocycles. The lowest BCUT2D eigenvalue weighted by Crippen LogP contribution is -2.30. The molecule has 94 valence electrons. The number of hydrazone groups is 1. The Labute approximate surface area is 102 Å². The van der Waals surface area contributed by atoms with Crippen molar-refractivity contribution < 1.29 is 4.74 Å². The van der Waals surface area contributed by atoms with Crippen LogP contribution in [0.2, 0.25) is 0 Å². The largest absolute Gasteiger partial charge is 0.497 e. The van der Waals surface area contributed by atoms with Crippen LogP contribution >= 0.6 is 0 Å². The average molecular weight is 236 g/mol. The molecule has 1 rings (SSSR count). The van der Waals surface area contributed by atoms with E-state index in [9.17, 15) is 0 Å². The number of ether oxygens (including phenoxy) is 1. The van der Waals surface area contributed by atoms with Gasteiger partial charge in [-0.15, -0.1) is 0 Å². The van der Waals surface area contributed by atoms with Gasteiger partial charge in [-0.3, -0.25) is 5.01 Å². The minimum Gasteiger partial charge on any atom is -0.497 e. The predicted octanol–water partition coefficient (Wildman–Crippen LogP) is 1.48. The van der Waals surface area contributed by atoms with E-state index in [4.69, 9.17) is 16.4 Å². The number of hydrogen-bond acceptors (Lipinski definition) is 4. The van der Waals surface area contributed by atoms with Crippen LogP contribution in [0.4, 0.5) is 5.69 Å². The quantitative estimate of drug-likeness (QED) is 0.351. The third-order valence-electron chi connectivity index (χ3n) is 2.38. The van der Waals surface area contributed by atoms with Crippen molar-refractivity contribution in [1.29, 1.82) is 0 Å². The van der Waals surface area contributed by atoms with Gasteiger partial charge in [0.2, 0.25) is 0 Å². The Morgan fingerprint density at radius 3 is 2.71 bits per heavy atom. The molecule has 17 heavy (non-hydrogen) atoms. The van der Waals surface area contributed by atoms with Crippen LogP contribution in [0.15, 0.2) is 23.3 Å². The summed E-state index contributed by atoms with van der Waals surface area (Å²) in [6, 6.07) is 5.75. The topological polar surface area (TPSA) is 76.9 Å². The monoisotopic (exact) mass is 236 g/mol. The SMILES string of the molecule is COc1ccc(N(N)/C=N\N)c(CC(C)C)c1. The van der Waals surface area contributed by atoms with Crippen LogP contribution < -0.4 is 21.4 Å². The highest BCUT2D eigenvalue weighted by atomic mass is 16.5. The van der Waals surface area contributed by atoms with Crippen molar-refractivity contribution in [3.05, 3.63) is 23.8 Å². The van der Waals surface area contributed by atoms with Crippen molar-refractivity contribution in [1.82, 2.24) is 0 Å².